The normalized spacial score (nSPS) is 13.8. The van der Waals surface area contributed by atoms with Crippen molar-refractivity contribution in [1.29, 1.82) is 0 Å². The van der Waals surface area contributed by atoms with Gasteiger partial charge in [0.25, 0.3) is 0 Å². The predicted octanol–water partition coefficient (Wildman–Crippen LogP) is 6.62. The number of thiophene rings is 1. The third-order valence-corrected chi connectivity index (χ3v) is 6.45. The number of hydrogen-bond acceptors (Lipinski definition) is 1. The van der Waals surface area contributed by atoms with E-state index in [1.54, 1.807) is 12.1 Å². The van der Waals surface area contributed by atoms with Gasteiger partial charge in [-0.15, -0.1) is 11.3 Å². The van der Waals surface area contributed by atoms with E-state index in [0.29, 0.717) is 5.56 Å². The van der Waals surface area contributed by atoms with Gasteiger partial charge in [-0.3, -0.25) is 0 Å². The molecule has 0 aliphatic heterocycles. The molecule has 0 radical (unpaired) electrons. The van der Waals surface area contributed by atoms with Gasteiger partial charge >= 0.3 is 0 Å². The van der Waals surface area contributed by atoms with Gasteiger partial charge in [-0.2, -0.15) is 4.57 Å². The Balaban J connectivity index is 1.74. The summed E-state index contributed by atoms with van der Waals surface area (Å²) in [5.41, 5.74) is 4.77. The van der Waals surface area contributed by atoms with Crippen LogP contribution in [0.4, 0.5) is 0 Å². The molecule has 0 N–H and O–H groups in total. The average Bonchev–Trinajstić information content (AvgIpc) is 3.01. The van der Waals surface area contributed by atoms with Crippen LogP contribution >= 0.6 is 11.3 Å². The van der Waals surface area contributed by atoms with Crippen molar-refractivity contribution in [2.24, 2.45) is 7.05 Å². The molecule has 0 bridgehead atoms. The minimum atomic E-state index is -2.08. The first-order valence-corrected chi connectivity index (χ1v) is 9.90. The summed E-state index contributed by atoms with van der Waals surface area (Å²) in [6.45, 7) is 2.02. The Morgan fingerprint density at radius 1 is 0.815 bits per heavy atom. The molecule has 0 amide bonds. The predicted molar refractivity (Wildman–Crippen MR) is 118 cm³/mol. The smallest absolute Gasteiger partial charge is 0.200 e. The van der Waals surface area contributed by atoms with E-state index in [9.17, 15) is 0 Å². The van der Waals surface area contributed by atoms with E-state index < -0.39 is 6.85 Å². The van der Waals surface area contributed by atoms with Crippen LogP contribution < -0.4 is 4.57 Å². The van der Waals surface area contributed by atoms with Crippen LogP contribution in [0.15, 0.2) is 60.8 Å². The second-order valence-corrected chi connectivity index (χ2v) is 8.46. The average molecular weight is 372 g/mol. The molecule has 2 heteroatoms. The van der Waals surface area contributed by atoms with Crippen molar-refractivity contribution >= 4 is 42.3 Å². The fourth-order valence-electron chi connectivity index (χ4n) is 3.94. The zero-order valence-corrected chi connectivity index (χ0v) is 16.4. The van der Waals surface area contributed by atoms with E-state index in [0.717, 1.165) is 16.8 Å². The minimum Gasteiger partial charge on any atom is -0.200 e. The zero-order valence-electron chi connectivity index (χ0n) is 18.6. The SMILES string of the molecule is [2H]C([2H])([2H])c1ccc(-c2cc3c(c[n+]2C)sc2cc4cc(C)ccc4cc23)c(C)c1. The van der Waals surface area contributed by atoms with Crippen LogP contribution in [0.25, 0.3) is 42.2 Å². The van der Waals surface area contributed by atoms with Crippen LogP contribution in [0, 0.1) is 20.7 Å². The van der Waals surface area contributed by atoms with Crippen LogP contribution in [-0.4, -0.2) is 0 Å². The van der Waals surface area contributed by atoms with Gasteiger partial charge in [0.05, 0.1) is 4.70 Å². The Hall–Kier alpha value is -2.71. The number of benzene rings is 3. The molecule has 0 fully saturated rings. The number of hydrogen-bond donors (Lipinski definition) is 0. The largest absolute Gasteiger partial charge is 0.213 e. The summed E-state index contributed by atoms with van der Waals surface area (Å²) in [5.74, 6) is 0. The van der Waals surface area contributed by atoms with Crippen LogP contribution in [-0.2, 0) is 7.05 Å². The zero-order chi connectivity index (χ0) is 21.2. The fraction of sp³-hybridized carbons (Fsp3) is 0.160. The molecule has 5 rings (SSSR count). The molecule has 132 valence electrons. The number of fused-ring (bicyclic) bond motifs is 4. The maximum atomic E-state index is 7.67. The lowest BCUT2D eigenvalue weighted by molar-refractivity contribution is -0.659. The fourth-order valence-corrected chi connectivity index (χ4v) is 5.14. The lowest BCUT2D eigenvalue weighted by Gasteiger charge is -2.06. The van der Waals surface area contributed by atoms with E-state index in [2.05, 4.69) is 61.1 Å². The molecule has 0 atom stereocenters. The minimum absolute atomic E-state index is 0.384. The van der Waals surface area contributed by atoms with Crippen LogP contribution in [0.5, 0.6) is 0 Å². The quantitative estimate of drug-likeness (QED) is 0.291. The van der Waals surface area contributed by atoms with E-state index in [4.69, 9.17) is 4.11 Å². The van der Waals surface area contributed by atoms with Crippen LogP contribution in [0.2, 0.25) is 0 Å². The molecule has 0 aliphatic carbocycles. The van der Waals surface area contributed by atoms with Gasteiger partial charge in [0.1, 0.15) is 7.05 Å². The molecule has 0 saturated heterocycles. The molecule has 2 heterocycles. The van der Waals surface area contributed by atoms with Crippen LogP contribution in [0.1, 0.15) is 20.8 Å². The third-order valence-electron chi connectivity index (χ3n) is 5.34. The molecular weight excluding hydrogens is 346 g/mol. The second kappa shape index (κ2) is 5.90. The van der Waals surface area contributed by atoms with Crippen molar-refractivity contribution in [2.75, 3.05) is 0 Å². The van der Waals surface area contributed by atoms with Crippen molar-refractivity contribution in [3.8, 4) is 11.3 Å². The third kappa shape index (κ3) is 2.64. The van der Waals surface area contributed by atoms with Crippen molar-refractivity contribution in [1.82, 2.24) is 0 Å². The maximum absolute atomic E-state index is 7.67. The number of aryl methyl sites for hydroxylation is 4. The highest BCUT2D eigenvalue weighted by Gasteiger charge is 2.17. The van der Waals surface area contributed by atoms with Crippen molar-refractivity contribution < 1.29 is 8.68 Å². The summed E-state index contributed by atoms with van der Waals surface area (Å²) >= 11 is 1.82. The molecule has 0 saturated carbocycles. The first kappa shape index (κ1) is 13.5. The summed E-state index contributed by atoms with van der Waals surface area (Å²) in [5, 5.41) is 5.03. The summed E-state index contributed by atoms with van der Waals surface area (Å²) in [6, 6.07) is 18.8. The monoisotopic (exact) mass is 371 g/mol. The van der Waals surface area contributed by atoms with Gasteiger partial charge in [-0.05, 0) is 55.2 Å². The van der Waals surface area contributed by atoms with Crippen molar-refractivity contribution in [2.45, 2.75) is 20.7 Å². The summed E-state index contributed by atoms with van der Waals surface area (Å²) in [6.07, 6.45) is 2.18. The summed E-state index contributed by atoms with van der Waals surface area (Å²) < 4.78 is 27.7. The number of rotatable bonds is 1. The highest BCUT2D eigenvalue weighted by atomic mass is 32.1. The van der Waals surface area contributed by atoms with E-state index in [-0.39, 0.29) is 0 Å². The number of nitrogens with zero attached hydrogens (tertiary/aromatic N) is 1. The topological polar surface area (TPSA) is 3.88 Å². The van der Waals surface area contributed by atoms with Crippen LogP contribution in [0.3, 0.4) is 0 Å². The Morgan fingerprint density at radius 3 is 2.44 bits per heavy atom. The van der Waals surface area contributed by atoms with Gasteiger partial charge in [0.15, 0.2) is 6.20 Å². The Morgan fingerprint density at radius 2 is 1.63 bits per heavy atom. The van der Waals surface area contributed by atoms with E-state index >= 15 is 0 Å². The van der Waals surface area contributed by atoms with Crippen molar-refractivity contribution in [3.05, 3.63) is 77.5 Å². The molecule has 27 heavy (non-hydrogen) atoms. The molecular formula is C25H22NS+. The van der Waals surface area contributed by atoms with E-state index in [1.165, 1.54) is 36.5 Å². The van der Waals surface area contributed by atoms with Gasteiger partial charge in [0, 0.05) is 31.2 Å². The Labute approximate surface area is 167 Å². The lowest BCUT2D eigenvalue weighted by Crippen LogP contribution is -2.30. The molecule has 0 spiro atoms. The van der Waals surface area contributed by atoms with Gasteiger partial charge in [0.2, 0.25) is 5.69 Å². The molecule has 5 aromatic rings. The highest BCUT2D eigenvalue weighted by Crippen LogP contribution is 2.37. The lowest BCUT2D eigenvalue weighted by atomic mass is 10.0. The first-order chi connectivity index (χ1) is 14.2. The van der Waals surface area contributed by atoms with Gasteiger partial charge in [-0.25, -0.2) is 0 Å². The van der Waals surface area contributed by atoms with Gasteiger partial charge in [-0.1, -0.05) is 41.5 Å². The Bertz CT molecular complexity index is 1460. The highest BCUT2D eigenvalue weighted by molar-refractivity contribution is 7.25. The van der Waals surface area contributed by atoms with Gasteiger partial charge < -0.3 is 0 Å². The Kier molecular flexibility index (Phi) is 2.94. The maximum Gasteiger partial charge on any atom is 0.213 e. The molecule has 1 nitrogen and oxygen atoms in total. The second-order valence-electron chi connectivity index (χ2n) is 7.38. The first-order valence-electron chi connectivity index (χ1n) is 10.6. The standard InChI is InChI=1S/C25H22NS/c1-15-6-8-20(17(3)9-15)23-13-22-21-11-18-7-5-16(2)10-19(18)12-24(21)27-25(22)14-26(23)4/h5-14H,1-4H3/q+1/i1D3. The van der Waals surface area contributed by atoms with Crippen molar-refractivity contribution in [3.63, 3.8) is 0 Å². The molecule has 2 aromatic heterocycles. The summed E-state index contributed by atoms with van der Waals surface area (Å²) in [7, 11) is 2.05. The molecule has 3 aromatic carbocycles. The molecule has 0 unspecified atom stereocenters. The number of pyridine rings is 1. The molecule has 0 aliphatic rings. The number of aromatic nitrogens is 1. The van der Waals surface area contributed by atoms with E-state index in [1.807, 2.05) is 24.3 Å². The summed E-state index contributed by atoms with van der Waals surface area (Å²) in [4.78, 5) is 0.